The number of ether oxygens (including phenoxy) is 5. The van der Waals surface area contributed by atoms with Crippen molar-refractivity contribution in [1.29, 1.82) is 0 Å². The van der Waals surface area contributed by atoms with Gasteiger partial charge in [0.1, 0.15) is 0 Å². The largest absolute Gasteiger partial charge is 0.493 e. The van der Waals surface area contributed by atoms with Crippen LogP contribution in [0.4, 0.5) is 5.69 Å². The summed E-state index contributed by atoms with van der Waals surface area (Å²) in [6, 6.07) is 3.70. The summed E-state index contributed by atoms with van der Waals surface area (Å²) in [6.07, 6.45) is 1.96. The van der Waals surface area contributed by atoms with E-state index in [1.54, 1.807) is 21.3 Å². The maximum absolute atomic E-state index is 5.73. The minimum Gasteiger partial charge on any atom is -0.493 e. The van der Waals surface area contributed by atoms with E-state index in [9.17, 15) is 0 Å². The number of guanidine groups is 1. The van der Waals surface area contributed by atoms with E-state index in [0.717, 1.165) is 44.9 Å². The molecule has 1 saturated heterocycles. The number of nitrogens with one attached hydrogen (secondary N) is 2. The first-order valence-corrected chi connectivity index (χ1v) is 9.72. The first kappa shape index (κ1) is 22.1. The normalized spacial score (nSPS) is 16.7. The molecule has 158 valence electrons. The Balaban J connectivity index is 1.89. The Hall–Kier alpha value is -2.19. The summed E-state index contributed by atoms with van der Waals surface area (Å²) in [5.74, 6) is 2.97. The number of anilines is 1. The van der Waals surface area contributed by atoms with Crippen LogP contribution in [-0.4, -0.2) is 66.8 Å². The number of nitrogens with zero attached hydrogens (tertiary/aromatic N) is 1. The standard InChI is InChI=1S/C20H33N3O5/c1-5-21-20(22-8-6-9-27-13-15-7-10-28-14-15)23-16-11-17(24-2)19(26-4)18(12-16)25-3/h11-12,15H,5-10,13-14H2,1-4H3,(H2,21,22,23). The molecule has 8 nitrogen and oxygen atoms in total. The van der Waals surface area contributed by atoms with E-state index in [2.05, 4.69) is 15.6 Å². The number of benzene rings is 1. The third kappa shape index (κ3) is 6.76. The van der Waals surface area contributed by atoms with Gasteiger partial charge in [-0.2, -0.15) is 0 Å². The van der Waals surface area contributed by atoms with Gasteiger partial charge < -0.3 is 34.3 Å². The summed E-state index contributed by atoms with van der Waals surface area (Å²) in [6.45, 7) is 6.60. The van der Waals surface area contributed by atoms with E-state index >= 15 is 0 Å². The minimum absolute atomic E-state index is 0.544. The van der Waals surface area contributed by atoms with Crippen molar-refractivity contribution in [3.8, 4) is 17.2 Å². The van der Waals surface area contributed by atoms with Gasteiger partial charge in [-0.05, 0) is 19.8 Å². The molecule has 1 aromatic rings. The fraction of sp³-hybridized carbons (Fsp3) is 0.650. The van der Waals surface area contributed by atoms with Crippen LogP contribution in [0.3, 0.4) is 0 Å². The molecule has 0 bridgehead atoms. The van der Waals surface area contributed by atoms with Crippen LogP contribution in [-0.2, 0) is 9.47 Å². The number of hydrogen-bond donors (Lipinski definition) is 2. The lowest BCUT2D eigenvalue weighted by atomic mass is 10.1. The summed E-state index contributed by atoms with van der Waals surface area (Å²) in [4.78, 5) is 4.61. The molecule has 2 rings (SSSR count). The van der Waals surface area contributed by atoms with Crippen LogP contribution < -0.4 is 24.8 Å². The monoisotopic (exact) mass is 395 g/mol. The summed E-state index contributed by atoms with van der Waals surface area (Å²) < 4.78 is 27.2. The van der Waals surface area contributed by atoms with Crippen LogP contribution in [0.15, 0.2) is 17.1 Å². The van der Waals surface area contributed by atoms with Crippen LogP contribution in [0.1, 0.15) is 19.8 Å². The third-order valence-electron chi connectivity index (χ3n) is 4.37. The summed E-state index contributed by atoms with van der Waals surface area (Å²) in [5, 5.41) is 6.52. The predicted molar refractivity (Wildman–Crippen MR) is 110 cm³/mol. The Morgan fingerprint density at radius 3 is 2.50 bits per heavy atom. The van der Waals surface area contributed by atoms with Gasteiger partial charge >= 0.3 is 0 Å². The molecule has 8 heteroatoms. The summed E-state index contributed by atoms with van der Waals surface area (Å²) in [7, 11) is 4.77. The molecule has 1 atom stereocenters. The van der Waals surface area contributed by atoms with E-state index in [-0.39, 0.29) is 0 Å². The highest BCUT2D eigenvalue weighted by Gasteiger charge is 2.15. The third-order valence-corrected chi connectivity index (χ3v) is 4.37. The molecule has 1 fully saturated rings. The summed E-state index contributed by atoms with van der Waals surface area (Å²) >= 11 is 0. The van der Waals surface area contributed by atoms with Gasteiger partial charge in [0, 0.05) is 50.0 Å². The maximum Gasteiger partial charge on any atom is 0.203 e. The Labute approximate surface area is 167 Å². The van der Waals surface area contributed by atoms with Crippen molar-refractivity contribution in [2.24, 2.45) is 10.9 Å². The van der Waals surface area contributed by atoms with E-state index in [0.29, 0.717) is 42.3 Å². The van der Waals surface area contributed by atoms with Crippen molar-refractivity contribution in [2.45, 2.75) is 19.8 Å². The van der Waals surface area contributed by atoms with Crippen LogP contribution in [0.5, 0.6) is 17.2 Å². The van der Waals surface area contributed by atoms with Crippen LogP contribution in [0, 0.1) is 5.92 Å². The molecule has 0 saturated carbocycles. The fourth-order valence-electron chi connectivity index (χ4n) is 2.92. The van der Waals surface area contributed by atoms with Crippen molar-refractivity contribution in [3.05, 3.63) is 12.1 Å². The van der Waals surface area contributed by atoms with Gasteiger partial charge in [0.25, 0.3) is 0 Å². The molecule has 0 aliphatic carbocycles. The number of rotatable bonds is 11. The highest BCUT2D eigenvalue weighted by Crippen LogP contribution is 2.39. The molecule has 0 aromatic heterocycles. The van der Waals surface area contributed by atoms with Gasteiger partial charge in [0.05, 0.1) is 34.5 Å². The Morgan fingerprint density at radius 2 is 1.93 bits per heavy atom. The van der Waals surface area contributed by atoms with Crippen LogP contribution in [0.2, 0.25) is 0 Å². The number of hydrogen-bond acceptors (Lipinski definition) is 6. The van der Waals surface area contributed by atoms with E-state index in [4.69, 9.17) is 23.7 Å². The smallest absolute Gasteiger partial charge is 0.203 e. The lowest BCUT2D eigenvalue weighted by Gasteiger charge is -2.16. The minimum atomic E-state index is 0.544. The number of aliphatic imine (C=N–C) groups is 1. The highest BCUT2D eigenvalue weighted by atomic mass is 16.5. The quantitative estimate of drug-likeness (QED) is 0.338. The van der Waals surface area contributed by atoms with Gasteiger partial charge in [0.2, 0.25) is 5.75 Å². The second kappa shape index (κ2) is 12.3. The average molecular weight is 396 g/mol. The molecule has 1 unspecified atom stereocenters. The van der Waals surface area contributed by atoms with Crippen molar-refractivity contribution in [1.82, 2.24) is 5.32 Å². The first-order valence-electron chi connectivity index (χ1n) is 9.72. The molecule has 0 radical (unpaired) electrons. The van der Waals surface area contributed by atoms with Gasteiger partial charge in [0.15, 0.2) is 17.5 Å². The lowest BCUT2D eigenvalue weighted by Crippen LogP contribution is -2.30. The molecule has 2 N–H and O–H groups in total. The Bertz CT molecular complexity index is 593. The van der Waals surface area contributed by atoms with Gasteiger partial charge in [-0.3, -0.25) is 4.99 Å². The Morgan fingerprint density at radius 1 is 1.18 bits per heavy atom. The van der Waals surface area contributed by atoms with E-state index in [1.807, 2.05) is 19.1 Å². The van der Waals surface area contributed by atoms with E-state index in [1.165, 1.54) is 0 Å². The van der Waals surface area contributed by atoms with E-state index < -0.39 is 0 Å². The van der Waals surface area contributed by atoms with Gasteiger partial charge in [-0.1, -0.05) is 0 Å². The predicted octanol–water partition coefficient (Wildman–Crippen LogP) is 2.53. The molecule has 1 heterocycles. The molecule has 1 aliphatic heterocycles. The van der Waals surface area contributed by atoms with Crippen molar-refractivity contribution < 1.29 is 23.7 Å². The Kier molecular flexibility index (Phi) is 9.71. The first-order chi connectivity index (χ1) is 13.7. The van der Waals surface area contributed by atoms with Crippen molar-refractivity contribution in [2.75, 3.05) is 66.2 Å². The van der Waals surface area contributed by atoms with Crippen LogP contribution in [0.25, 0.3) is 0 Å². The molecule has 1 aromatic carbocycles. The SMILES string of the molecule is CCNC(=NCCCOCC1CCOC1)Nc1cc(OC)c(OC)c(OC)c1. The van der Waals surface area contributed by atoms with Crippen molar-refractivity contribution in [3.63, 3.8) is 0 Å². The molecular formula is C20H33N3O5. The molecule has 28 heavy (non-hydrogen) atoms. The van der Waals surface area contributed by atoms with Gasteiger partial charge in [-0.15, -0.1) is 0 Å². The van der Waals surface area contributed by atoms with Crippen LogP contribution >= 0.6 is 0 Å². The maximum atomic E-state index is 5.73. The second-order valence-electron chi connectivity index (χ2n) is 6.46. The molecule has 1 aliphatic rings. The zero-order valence-corrected chi connectivity index (χ0v) is 17.4. The zero-order valence-electron chi connectivity index (χ0n) is 17.4. The second-order valence-corrected chi connectivity index (χ2v) is 6.46. The molecule has 0 amide bonds. The van der Waals surface area contributed by atoms with Crippen molar-refractivity contribution >= 4 is 11.6 Å². The zero-order chi connectivity index (χ0) is 20.2. The fourth-order valence-corrected chi connectivity index (χ4v) is 2.92. The number of methoxy groups -OCH3 is 3. The summed E-state index contributed by atoms with van der Waals surface area (Å²) in [5.41, 5.74) is 0.798. The highest BCUT2D eigenvalue weighted by molar-refractivity contribution is 5.94. The molecule has 0 spiro atoms. The van der Waals surface area contributed by atoms with Gasteiger partial charge in [-0.25, -0.2) is 0 Å². The molecular weight excluding hydrogens is 362 g/mol. The lowest BCUT2D eigenvalue weighted by molar-refractivity contribution is 0.0893. The average Bonchev–Trinajstić information content (AvgIpc) is 3.23. The topological polar surface area (TPSA) is 82.6 Å².